The van der Waals surface area contributed by atoms with Crippen molar-refractivity contribution in [3.63, 3.8) is 0 Å². The summed E-state index contributed by atoms with van der Waals surface area (Å²) < 4.78 is 0. The van der Waals surface area contributed by atoms with Gasteiger partial charge in [0.05, 0.1) is 0 Å². The van der Waals surface area contributed by atoms with Gasteiger partial charge in [0.1, 0.15) is 0 Å². The molecule has 0 aromatic heterocycles. The summed E-state index contributed by atoms with van der Waals surface area (Å²) in [5, 5.41) is 0. The first-order chi connectivity index (χ1) is 4.41. The Hall–Kier alpha value is 0. The molecule has 0 aliphatic rings. The summed E-state index contributed by atoms with van der Waals surface area (Å²) in [5.41, 5.74) is 0. The van der Waals surface area contributed by atoms with Gasteiger partial charge in [0.2, 0.25) is 0 Å². The van der Waals surface area contributed by atoms with E-state index in [0.29, 0.717) is 0 Å². The minimum absolute atomic E-state index is 0.836. The summed E-state index contributed by atoms with van der Waals surface area (Å²) in [7, 11) is 0. The summed E-state index contributed by atoms with van der Waals surface area (Å²) in [4.78, 5) is 0. The van der Waals surface area contributed by atoms with Crippen LogP contribution in [-0.2, 0) is 0 Å². The van der Waals surface area contributed by atoms with Gasteiger partial charge in [-0.05, 0) is 26.7 Å². The van der Waals surface area contributed by atoms with Crippen molar-refractivity contribution in [3.05, 3.63) is 13.8 Å². The van der Waals surface area contributed by atoms with Gasteiger partial charge in [-0.3, -0.25) is 0 Å². The highest BCUT2D eigenvalue weighted by molar-refractivity contribution is 4.46. The SMILES string of the molecule is [CH]CCCCCCC[CH]. The summed E-state index contributed by atoms with van der Waals surface area (Å²) in [5.74, 6) is 0. The van der Waals surface area contributed by atoms with Crippen molar-refractivity contribution in [2.75, 3.05) is 0 Å². The number of hydrogen-bond donors (Lipinski definition) is 0. The Labute approximate surface area is 59.7 Å². The van der Waals surface area contributed by atoms with Crippen LogP contribution in [0.2, 0.25) is 0 Å². The molecule has 0 heteroatoms. The second kappa shape index (κ2) is 8.00. The quantitative estimate of drug-likeness (QED) is 0.477. The standard InChI is InChI=1S/C9H16/c1-3-5-7-9-8-6-4-2/h1-2H,3-9H2. The minimum atomic E-state index is 0.836. The molecule has 0 spiro atoms. The first-order valence-corrected chi connectivity index (χ1v) is 3.82. The topological polar surface area (TPSA) is 0 Å². The van der Waals surface area contributed by atoms with E-state index in [2.05, 4.69) is 0 Å². The van der Waals surface area contributed by atoms with E-state index in [1.807, 2.05) is 0 Å². The van der Waals surface area contributed by atoms with Crippen LogP contribution < -0.4 is 0 Å². The van der Waals surface area contributed by atoms with Crippen LogP contribution in [0.3, 0.4) is 0 Å². The zero-order chi connectivity index (χ0) is 6.95. The van der Waals surface area contributed by atoms with Crippen LogP contribution in [0.15, 0.2) is 0 Å². The summed E-state index contributed by atoms with van der Waals surface area (Å²) >= 11 is 0. The van der Waals surface area contributed by atoms with Gasteiger partial charge in [0.25, 0.3) is 0 Å². The van der Waals surface area contributed by atoms with Gasteiger partial charge >= 0.3 is 0 Å². The molecule has 0 N–H and O–H groups in total. The second-order valence-electron chi connectivity index (χ2n) is 2.35. The fraction of sp³-hybridized carbons (Fsp3) is 0.778. The molecule has 0 nitrogen and oxygen atoms in total. The van der Waals surface area contributed by atoms with Gasteiger partial charge in [-0.15, -0.1) is 0 Å². The predicted octanol–water partition coefficient (Wildman–Crippen LogP) is 3.14. The molecule has 0 fully saturated rings. The van der Waals surface area contributed by atoms with Gasteiger partial charge < -0.3 is 0 Å². The van der Waals surface area contributed by atoms with Gasteiger partial charge in [-0.2, -0.15) is 0 Å². The molecular formula is C9H16. The van der Waals surface area contributed by atoms with Crippen molar-refractivity contribution >= 4 is 0 Å². The van der Waals surface area contributed by atoms with Crippen LogP contribution in [0.5, 0.6) is 0 Å². The molecule has 0 aliphatic heterocycles. The van der Waals surface area contributed by atoms with Gasteiger partial charge in [0.15, 0.2) is 0 Å². The van der Waals surface area contributed by atoms with Crippen LogP contribution >= 0.6 is 0 Å². The molecule has 0 aromatic rings. The minimum Gasteiger partial charge on any atom is -0.0533 e. The first kappa shape index (κ1) is 9.00. The van der Waals surface area contributed by atoms with Crippen LogP contribution in [0.1, 0.15) is 44.9 Å². The third-order valence-corrected chi connectivity index (χ3v) is 1.41. The smallest absolute Gasteiger partial charge is 0.0352 e. The lowest BCUT2D eigenvalue weighted by molar-refractivity contribution is 0.621. The highest BCUT2D eigenvalue weighted by Crippen LogP contribution is 2.05. The van der Waals surface area contributed by atoms with E-state index in [-0.39, 0.29) is 0 Å². The van der Waals surface area contributed by atoms with E-state index in [9.17, 15) is 0 Å². The van der Waals surface area contributed by atoms with E-state index in [1.165, 1.54) is 32.1 Å². The van der Waals surface area contributed by atoms with Crippen molar-refractivity contribution in [1.29, 1.82) is 0 Å². The zero-order valence-electron chi connectivity index (χ0n) is 6.10. The van der Waals surface area contributed by atoms with Crippen molar-refractivity contribution in [2.24, 2.45) is 0 Å². The Morgan fingerprint density at radius 1 is 0.556 bits per heavy atom. The number of unbranched alkanes of at least 4 members (excludes halogenated alkanes) is 6. The molecule has 0 aliphatic carbocycles. The first-order valence-electron chi connectivity index (χ1n) is 3.82. The second-order valence-corrected chi connectivity index (χ2v) is 2.35. The van der Waals surface area contributed by atoms with Crippen LogP contribution in [0, 0.1) is 13.8 Å². The van der Waals surface area contributed by atoms with Gasteiger partial charge in [-0.1, -0.05) is 32.1 Å². The summed E-state index contributed by atoms with van der Waals surface area (Å²) in [6, 6.07) is 0. The molecule has 0 atom stereocenters. The lowest BCUT2D eigenvalue weighted by Gasteiger charge is -1.95. The number of hydrogen-bond acceptors (Lipinski definition) is 0. The van der Waals surface area contributed by atoms with Crippen molar-refractivity contribution < 1.29 is 0 Å². The Morgan fingerprint density at radius 3 is 1.22 bits per heavy atom. The average Bonchev–Trinajstić information content (AvgIpc) is 1.89. The van der Waals surface area contributed by atoms with E-state index in [0.717, 1.165) is 12.8 Å². The zero-order valence-corrected chi connectivity index (χ0v) is 6.10. The Morgan fingerprint density at radius 2 is 0.889 bits per heavy atom. The molecule has 9 heavy (non-hydrogen) atoms. The molecule has 0 rings (SSSR count). The Bertz CT molecular complexity index is 33.3. The molecule has 52 valence electrons. The highest BCUT2D eigenvalue weighted by Gasteiger charge is 1.86. The van der Waals surface area contributed by atoms with E-state index >= 15 is 0 Å². The van der Waals surface area contributed by atoms with Gasteiger partial charge in [0, 0.05) is 0 Å². The van der Waals surface area contributed by atoms with Crippen LogP contribution in [0.4, 0.5) is 0 Å². The predicted molar refractivity (Wildman–Crippen MR) is 40.9 cm³/mol. The lowest BCUT2D eigenvalue weighted by Crippen LogP contribution is -1.76. The molecule has 0 aromatic carbocycles. The molecule has 0 saturated carbocycles. The van der Waals surface area contributed by atoms with Crippen LogP contribution in [0.25, 0.3) is 0 Å². The molecule has 0 saturated heterocycles. The maximum atomic E-state index is 5.32. The fourth-order valence-corrected chi connectivity index (χ4v) is 0.819. The number of rotatable bonds is 6. The van der Waals surface area contributed by atoms with Gasteiger partial charge in [-0.25, -0.2) is 0 Å². The maximum Gasteiger partial charge on any atom is -0.0352 e. The molecule has 4 radical (unpaired) electrons. The normalized spacial score (nSPS) is 10.0. The Kier molecular flexibility index (Phi) is 8.00. The molecule has 0 heterocycles. The van der Waals surface area contributed by atoms with E-state index in [4.69, 9.17) is 13.8 Å². The molecule has 0 unspecified atom stereocenters. The summed E-state index contributed by atoms with van der Waals surface area (Å²) in [6.45, 7) is 10.6. The maximum absolute atomic E-state index is 5.32. The molecule has 0 amide bonds. The highest BCUT2D eigenvalue weighted by atomic mass is 13.9. The Balaban J connectivity index is 2.60. The van der Waals surface area contributed by atoms with Crippen LogP contribution in [-0.4, -0.2) is 0 Å². The van der Waals surface area contributed by atoms with E-state index in [1.54, 1.807) is 0 Å². The fourth-order valence-electron chi connectivity index (χ4n) is 0.819. The largest absolute Gasteiger partial charge is 0.0533 e. The monoisotopic (exact) mass is 124 g/mol. The third kappa shape index (κ3) is 8.00. The van der Waals surface area contributed by atoms with Crippen molar-refractivity contribution in [1.82, 2.24) is 0 Å². The molecular weight excluding hydrogens is 108 g/mol. The van der Waals surface area contributed by atoms with E-state index < -0.39 is 0 Å². The average molecular weight is 124 g/mol. The van der Waals surface area contributed by atoms with Crippen molar-refractivity contribution in [3.8, 4) is 0 Å². The lowest BCUT2D eigenvalue weighted by atomic mass is 10.1. The third-order valence-electron chi connectivity index (χ3n) is 1.41. The van der Waals surface area contributed by atoms with Crippen molar-refractivity contribution in [2.45, 2.75) is 44.9 Å². The molecule has 0 bridgehead atoms. The summed E-state index contributed by atoms with van der Waals surface area (Å²) in [6.07, 6.45) is 7.86.